The summed E-state index contributed by atoms with van der Waals surface area (Å²) in [6.45, 7) is 0.252. The number of ether oxygens (including phenoxy) is 3. The molecule has 2 aromatic rings. The van der Waals surface area contributed by atoms with Crippen molar-refractivity contribution in [3.8, 4) is 17.2 Å². The third kappa shape index (κ3) is 2.53. The summed E-state index contributed by atoms with van der Waals surface area (Å²) in [6.07, 6.45) is 0. The molecule has 5 heteroatoms. The monoisotopic (exact) mass is 276 g/mol. The molecule has 0 saturated carbocycles. The SMILES string of the molecule is OCc1ccc(OCc2ccc3c(c2)OCO3)c(F)c1. The van der Waals surface area contributed by atoms with Crippen LogP contribution in [0.1, 0.15) is 11.1 Å². The number of rotatable bonds is 4. The molecular formula is C15H13FO4. The first-order chi connectivity index (χ1) is 9.76. The van der Waals surface area contributed by atoms with Crippen molar-refractivity contribution in [2.24, 2.45) is 0 Å². The van der Waals surface area contributed by atoms with E-state index in [4.69, 9.17) is 19.3 Å². The summed E-state index contributed by atoms with van der Waals surface area (Å²) < 4.78 is 29.6. The highest BCUT2D eigenvalue weighted by Gasteiger charge is 2.13. The maximum atomic E-state index is 13.7. The maximum Gasteiger partial charge on any atom is 0.231 e. The lowest BCUT2D eigenvalue weighted by molar-refractivity contribution is 0.174. The number of aliphatic hydroxyl groups excluding tert-OH is 1. The molecule has 0 radical (unpaired) electrons. The van der Waals surface area contributed by atoms with E-state index in [9.17, 15) is 4.39 Å². The van der Waals surface area contributed by atoms with E-state index in [1.165, 1.54) is 12.1 Å². The van der Waals surface area contributed by atoms with Gasteiger partial charge in [-0.15, -0.1) is 0 Å². The van der Waals surface area contributed by atoms with Gasteiger partial charge in [-0.1, -0.05) is 12.1 Å². The predicted molar refractivity (Wildman–Crippen MR) is 69.2 cm³/mol. The zero-order valence-electron chi connectivity index (χ0n) is 10.6. The van der Waals surface area contributed by atoms with Crippen molar-refractivity contribution in [2.75, 3.05) is 6.79 Å². The number of benzene rings is 2. The molecule has 104 valence electrons. The fourth-order valence-corrected chi connectivity index (χ4v) is 1.95. The Balaban J connectivity index is 1.70. The van der Waals surface area contributed by atoms with E-state index >= 15 is 0 Å². The molecule has 0 unspecified atom stereocenters. The van der Waals surface area contributed by atoms with Gasteiger partial charge in [0.1, 0.15) is 6.61 Å². The van der Waals surface area contributed by atoms with Gasteiger partial charge in [-0.2, -0.15) is 0 Å². The molecule has 1 N–H and O–H groups in total. The first-order valence-electron chi connectivity index (χ1n) is 6.17. The van der Waals surface area contributed by atoms with Crippen LogP contribution in [0, 0.1) is 5.82 Å². The molecular weight excluding hydrogens is 263 g/mol. The van der Waals surface area contributed by atoms with E-state index in [1.54, 1.807) is 12.1 Å². The molecule has 0 spiro atoms. The predicted octanol–water partition coefficient (Wildman–Crippen LogP) is 2.63. The minimum Gasteiger partial charge on any atom is -0.486 e. The second-order valence-corrected chi connectivity index (χ2v) is 4.40. The minimum atomic E-state index is -0.489. The van der Waals surface area contributed by atoms with Crippen LogP contribution >= 0.6 is 0 Å². The summed E-state index contributed by atoms with van der Waals surface area (Å²) in [7, 11) is 0. The van der Waals surface area contributed by atoms with Crippen LogP contribution in [-0.2, 0) is 13.2 Å². The molecule has 0 aliphatic carbocycles. The Bertz CT molecular complexity index is 627. The Morgan fingerprint density at radius 3 is 2.65 bits per heavy atom. The van der Waals surface area contributed by atoms with Gasteiger partial charge >= 0.3 is 0 Å². The summed E-state index contributed by atoms with van der Waals surface area (Å²) in [6, 6.07) is 9.84. The largest absolute Gasteiger partial charge is 0.486 e. The molecule has 0 atom stereocenters. The number of aliphatic hydroxyl groups is 1. The van der Waals surface area contributed by atoms with Crippen molar-refractivity contribution < 1.29 is 23.7 Å². The highest BCUT2D eigenvalue weighted by molar-refractivity contribution is 5.44. The van der Waals surface area contributed by atoms with Crippen molar-refractivity contribution in [1.29, 1.82) is 0 Å². The lowest BCUT2D eigenvalue weighted by Gasteiger charge is -2.08. The maximum absolute atomic E-state index is 13.7. The van der Waals surface area contributed by atoms with Gasteiger partial charge < -0.3 is 19.3 Å². The first kappa shape index (κ1) is 12.7. The zero-order valence-corrected chi connectivity index (χ0v) is 10.6. The van der Waals surface area contributed by atoms with Crippen LogP contribution < -0.4 is 14.2 Å². The fraction of sp³-hybridized carbons (Fsp3) is 0.200. The van der Waals surface area contributed by atoms with Crippen molar-refractivity contribution >= 4 is 0 Å². The van der Waals surface area contributed by atoms with Gasteiger partial charge in [0.05, 0.1) is 6.61 Å². The number of halogens is 1. The van der Waals surface area contributed by atoms with Crippen LogP contribution in [0.15, 0.2) is 36.4 Å². The number of hydrogen-bond donors (Lipinski definition) is 1. The lowest BCUT2D eigenvalue weighted by Crippen LogP contribution is -1.98. The first-order valence-corrected chi connectivity index (χ1v) is 6.17. The smallest absolute Gasteiger partial charge is 0.231 e. The topological polar surface area (TPSA) is 47.9 Å². The molecule has 4 nitrogen and oxygen atoms in total. The van der Waals surface area contributed by atoms with Crippen LogP contribution in [0.4, 0.5) is 4.39 Å². The van der Waals surface area contributed by atoms with Crippen LogP contribution in [0.5, 0.6) is 17.2 Å². The van der Waals surface area contributed by atoms with Gasteiger partial charge in [-0.25, -0.2) is 4.39 Å². The molecule has 20 heavy (non-hydrogen) atoms. The summed E-state index contributed by atoms with van der Waals surface area (Å²) in [5.74, 6) is 1.03. The zero-order chi connectivity index (χ0) is 13.9. The van der Waals surface area contributed by atoms with Gasteiger partial charge in [-0.05, 0) is 35.4 Å². The van der Waals surface area contributed by atoms with E-state index in [0.29, 0.717) is 17.1 Å². The highest BCUT2D eigenvalue weighted by Crippen LogP contribution is 2.32. The molecule has 1 aliphatic rings. The van der Waals surface area contributed by atoms with Crippen molar-refractivity contribution in [2.45, 2.75) is 13.2 Å². The van der Waals surface area contributed by atoms with Crippen molar-refractivity contribution in [3.05, 3.63) is 53.3 Å². The van der Waals surface area contributed by atoms with E-state index in [0.717, 1.165) is 5.56 Å². The van der Waals surface area contributed by atoms with E-state index < -0.39 is 5.82 Å². The summed E-state index contributed by atoms with van der Waals surface area (Å²) in [4.78, 5) is 0. The van der Waals surface area contributed by atoms with Crippen LogP contribution in [0.3, 0.4) is 0 Å². The Morgan fingerprint density at radius 2 is 1.85 bits per heavy atom. The van der Waals surface area contributed by atoms with Gasteiger partial charge in [0.2, 0.25) is 6.79 Å². The number of fused-ring (bicyclic) bond motifs is 1. The summed E-state index contributed by atoms with van der Waals surface area (Å²) >= 11 is 0. The third-order valence-electron chi connectivity index (χ3n) is 3.01. The molecule has 0 saturated heterocycles. The molecule has 2 aromatic carbocycles. The Hall–Kier alpha value is -2.27. The molecule has 1 aliphatic heterocycles. The lowest BCUT2D eigenvalue weighted by atomic mass is 10.2. The highest BCUT2D eigenvalue weighted by atomic mass is 19.1. The Morgan fingerprint density at radius 1 is 1.05 bits per heavy atom. The quantitative estimate of drug-likeness (QED) is 0.932. The minimum absolute atomic E-state index is 0.153. The fourth-order valence-electron chi connectivity index (χ4n) is 1.95. The molecule has 3 rings (SSSR count). The summed E-state index contributed by atoms with van der Waals surface area (Å²) in [5.41, 5.74) is 1.37. The van der Waals surface area contributed by atoms with Crippen LogP contribution in [-0.4, -0.2) is 11.9 Å². The van der Waals surface area contributed by atoms with Gasteiger partial charge in [0.15, 0.2) is 23.1 Å². The van der Waals surface area contributed by atoms with Crippen molar-refractivity contribution in [1.82, 2.24) is 0 Å². The van der Waals surface area contributed by atoms with Crippen molar-refractivity contribution in [3.63, 3.8) is 0 Å². The van der Waals surface area contributed by atoms with Gasteiger partial charge in [0, 0.05) is 0 Å². The molecule has 0 bridgehead atoms. The van der Waals surface area contributed by atoms with Crippen LogP contribution in [0.25, 0.3) is 0 Å². The van der Waals surface area contributed by atoms with Gasteiger partial charge in [0.25, 0.3) is 0 Å². The molecule has 1 heterocycles. The average molecular weight is 276 g/mol. The van der Waals surface area contributed by atoms with E-state index in [-0.39, 0.29) is 25.8 Å². The Labute approximate surface area is 115 Å². The third-order valence-corrected chi connectivity index (χ3v) is 3.01. The average Bonchev–Trinajstić information content (AvgIpc) is 2.93. The molecule has 0 amide bonds. The van der Waals surface area contributed by atoms with Crippen LogP contribution in [0.2, 0.25) is 0 Å². The Kier molecular flexibility index (Phi) is 3.43. The standard InChI is InChI=1S/C15H13FO4/c16-12-5-10(7-17)1-3-13(12)18-8-11-2-4-14-15(6-11)20-9-19-14/h1-6,17H,7-9H2. The number of hydrogen-bond acceptors (Lipinski definition) is 4. The van der Waals surface area contributed by atoms with E-state index in [1.807, 2.05) is 12.1 Å². The van der Waals surface area contributed by atoms with E-state index in [2.05, 4.69) is 0 Å². The second kappa shape index (κ2) is 5.38. The molecule has 0 aromatic heterocycles. The summed E-state index contributed by atoms with van der Waals surface area (Å²) in [5, 5.41) is 8.92. The second-order valence-electron chi connectivity index (χ2n) is 4.40. The van der Waals surface area contributed by atoms with Gasteiger partial charge in [-0.3, -0.25) is 0 Å². The molecule has 0 fully saturated rings. The normalized spacial score (nSPS) is 12.5.